The van der Waals surface area contributed by atoms with Crippen molar-refractivity contribution in [2.45, 2.75) is 53.5 Å². The Kier molecular flexibility index (Phi) is 6.21. The zero-order valence-corrected chi connectivity index (χ0v) is 19.0. The van der Waals surface area contributed by atoms with Gasteiger partial charge in [-0.1, -0.05) is 27.7 Å². The molecule has 0 bridgehead atoms. The smallest absolute Gasteiger partial charge is 0.242 e. The highest BCUT2D eigenvalue weighted by atomic mass is 16.2. The van der Waals surface area contributed by atoms with E-state index in [-0.39, 0.29) is 40.7 Å². The lowest BCUT2D eigenvalue weighted by atomic mass is 10.0. The van der Waals surface area contributed by atoms with Gasteiger partial charge in [-0.25, -0.2) is 4.98 Å². The molecule has 168 valence electrons. The third-order valence-corrected chi connectivity index (χ3v) is 7.51. The third-order valence-electron chi connectivity index (χ3n) is 7.51. The van der Waals surface area contributed by atoms with Crippen LogP contribution in [0.4, 0.5) is 5.82 Å². The van der Waals surface area contributed by atoms with Crippen LogP contribution in [0.15, 0.2) is 18.3 Å². The second kappa shape index (κ2) is 8.40. The molecule has 1 saturated carbocycles. The molecule has 8 nitrogen and oxygen atoms in total. The first kappa shape index (κ1) is 22.9. The Balaban J connectivity index is 1.58. The fourth-order valence-corrected chi connectivity index (χ4v) is 4.70. The van der Waals surface area contributed by atoms with Gasteiger partial charge in [0.05, 0.1) is 6.54 Å². The summed E-state index contributed by atoms with van der Waals surface area (Å²) in [6, 6.07) is 2.80. The largest absolute Gasteiger partial charge is 0.360 e. The lowest BCUT2D eigenvalue weighted by Crippen LogP contribution is -2.48. The number of likely N-dealkylation sites (tertiary alicyclic amines) is 1. The normalized spacial score (nSPS) is 21.5. The van der Waals surface area contributed by atoms with Gasteiger partial charge in [0.1, 0.15) is 17.6 Å². The molecular weight excluding hydrogens is 394 g/mol. The average molecular weight is 428 g/mol. The van der Waals surface area contributed by atoms with Crippen LogP contribution in [0, 0.1) is 22.2 Å². The van der Waals surface area contributed by atoms with Crippen molar-refractivity contribution in [1.82, 2.24) is 15.2 Å². The number of carbonyl (C=O) groups excluding carboxylic acids is 3. The Hall–Kier alpha value is -2.77. The molecule has 1 atom stereocenters. The molecule has 2 fully saturated rings. The molecule has 8 heteroatoms. The molecule has 31 heavy (non-hydrogen) atoms. The van der Waals surface area contributed by atoms with Gasteiger partial charge in [-0.2, -0.15) is 0 Å². The number of hydrogen-bond acceptors (Lipinski definition) is 6. The van der Waals surface area contributed by atoms with E-state index in [1.807, 2.05) is 0 Å². The monoisotopic (exact) mass is 427 g/mol. The Labute approximate surface area is 183 Å². The van der Waals surface area contributed by atoms with Crippen molar-refractivity contribution in [2.24, 2.45) is 16.7 Å². The second-order valence-corrected chi connectivity index (χ2v) is 9.67. The number of nitrogens with zero attached hydrogens (tertiary/aromatic N) is 2. The SMILES string of the molecule is CC(=O)C(=N)c1cccnc1NCC(=O)N1CCC[C@H]1C(=O)NCC1C(C)(C)C1(C)C. The first-order chi connectivity index (χ1) is 14.5. The van der Waals surface area contributed by atoms with Gasteiger partial charge in [0, 0.05) is 31.8 Å². The van der Waals surface area contributed by atoms with Crippen molar-refractivity contribution < 1.29 is 14.4 Å². The zero-order chi connectivity index (χ0) is 23.0. The molecular formula is C23H33N5O3. The maximum Gasteiger partial charge on any atom is 0.242 e. The number of aromatic nitrogens is 1. The van der Waals surface area contributed by atoms with Crippen LogP contribution >= 0.6 is 0 Å². The third kappa shape index (κ3) is 4.34. The van der Waals surface area contributed by atoms with Crippen molar-refractivity contribution in [3.05, 3.63) is 23.9 Å². The molecule has 0 spiro atoms. The van der Waals surface area contributed by atoms with E-state index in [1.165, 1.54) is 13.1 Å². The Morgan fingerprint density at radius 2 is 1.90 bits per heavy atom. The molecule has 2 aliphatic rings. The van der Waals surface area contributed by atoms with Crippen LogP contribution in [0.3, 0.4) is 0 Å². The van der Waals surface area contributed by atoms with Gasteiger partial charge in [0.2, 0.25) is 11.8 Å². The molecule has 1 aliphatic carbocycles. The van der Waals surface area contributed by atoms with Crippen molar-refractivity contribution in [2.75, 3.05) is 25.0 Å². The summed E-state index contributed by atoms with van der Waals surface area (Å²) in [6.45, 7) is 11.3. The van der Waals surface area contributed by atoms with Crippen molar-refractivity contribution >= 4 is 29.1 Å². The molecule has 2 heterocycles. The quantitative estimate of drug-likeness (QED) is 0.551. The van der Waals surface area contributed by atoms with Crippen LogP contribution in [0.25, 0.3) is 0 Å². The van der Waals surface area contributed by atoms with Crippen LogP contribution in [-0.2, 0) is 14.4 Å². The minimum atomic E-state index is -0.460. The summed E-state index contributed by atoms with van der Waals surface area (Å²) in [4.78, 5) is 43.0. The number of ketones is 1. The molecule has 1 aromatic rings. The van der Waals surface area contributed by atoms with Crippen LogP contribution in [0.5, 0.6) is 0 Å². The highest BCUT2D eigenvalue weighted by molar-refractivity contribution is 6.45. The average Bonchev–Trinajstić information content (AvgIpc) is 3.07. The van der Waals surface area contributed by atoms with E-state index in [4.69, 9.17) is 5.41 Å². The van der Waals surface area contributed by atoms with E-state index in [1.54, 1.807) is 17.0 Å². The van der Waals surface area contributed by atoms with Crippen molar-refractivity contribution in [1.29, 1.82) is 5.41 Å². The highest BCUT2D eigenvalue weighted by Crippen LogP contribution is 2.67. The molecule has 1 aliphatic heterocycles. The standard InChI is InChI=1S/C23H33N5O3/c1-14(29)19(24)15-8-6-10-25-20(15)26-13-18(30)28-11-7-9-16(28)21(31)27-12-17-22(2,3)23(17,4)5/h6,8,10,16-17,24H,7,9,11-13H2,1-5H3,(H,25,26)(H,27,31)/t16-/m0/s1. The van der Waals surface area contributed by atoms with Gasteiger partial charge in [-0.3, -0.25) is 19.8 Å². The molecule has 3 N–H and O–H groups in total. The maximum absolute atomic E-state index is 12.8. The number of hydrogen-bond donors (Lipinski definition) is 3. The number of nitrogens with one attached hydrogen (secondary N) is 3. The molecule has 1 aromatic heterocycles. The van der Waals surface area contributed by atoms with E-state index in [2.05, 4.69) is 43.3 Å². The summed E-state index contributed by atoms with van der Waals surface area (Å²) in [5.74, 6) is 0.0716. The topological polar surface area (TPSA) is 115 Å². The van der Waals surface area contributed by atoms with E-state index < -0.39 is 6.04 Å². The first-order valence-corrected chi connectivity index (χ1v) is 10.8. The van der Waals surface area contributed by atoms with Crippen molar-refractivity contribution in [3.8, 4) is 0 Å². The Bertz CT molecular complexity index is 894. The van der Waals surface area contributed by atoms with Gasteiger partial charge >= 0.3 is 0 Å². The predicted molar refractivity (Wildman–Crippen MR) is 119 cm³/mol. The Morgan fingerprint density at radius 1 is 1.23 bits per heavy atom. The van der Waals surface area contributed by atoms with Crippen LogP contribution in [-0.4, -0.2) is 58.9 Å². The maximum atomic E-state index is 12.8. The second-order valence-electron chi connectivity index (χ2n) is 9.67. The van der Waals surface area contributed by atoms with E-state index in [9.17, 15) is 14.4 Å². The number of anilines is 1. The summed E-state index contributed by atoms with van der Waals surface area (Å²) < 4.78 is 0. The van der Waals surface area contributed by atoms with Crippen LogP contribution in [0.1, 0.15) is 53.0 Å². The summed E-state index contributed by atoms with van der Waals surface area (Å²) >= 11 is 0. The fraction of sp³-hybridized carbons (Fsp3) is 0.609. The summed E-state index contributed by atoms with van der Waals surface area (Å²) in [5.41, 5.74) is 0.591. The van der Waals surface area contributed by atoms with Gasteiger partial charge in [0.15, 0.2) is 5.78 Å². The number of pyridine rings is 1. The minimum Gasteiger partial charge on any atom is -0.360 e. The summed E-state index contributed by atoms with van der Waals surface area (Å²) in [6.07, 6.45) is 2.98. The van der Waals surface area contributed by atoms with Gasteiger partial charge in [-0.05, 0) is 41.7 Å². The molecule has 1 saturated heterocycles. The molecule has 2 amide bonds. The first-order valence-electron chi connectivity index (χ1n) is 10.8. The van der Waals surface area contributed by atoms with Crippen LogP contribution < -0.4 is 10.6 Å². The molecule has 0 radical (unpaired) electrons. The highest BCUT2D eigenvalue weighted by Gasteiger charge is 2.64. The zero-order valence-electron chi connectivity index (χ0n) is 19.0. The number of Topliss-reactive ketones (excluding diaryl/α,β-unsaturated/α-hetero) is 1. The Morgan fingerprint density at radius 3 is 2.52 bits per heavy atom. The van der Waals surface area contributed by atoms with E-state index >= 15 is 0 Å². The molecule has 0 aromatic carbocycles. The number of carbonyl (C=O) groups is 3. The molecule has 0 unspecified atom stereocenters. The lowest BCUT2D eigenvalue weighted by molar-refractivity contribution is -0.137. The van der Waals surface area contributed by atoms with Gasteiger partial charge in [0.25, 0.3) is 0 Å². The summed E-state index contributed by atoms with van der Waals surface area (Å²) in [7, 11) is 0. The molecule has 3 rings (SSSR count). The van der Waals surface area contributed by atoms with Crippen molar-refractivity contribution in [3.63, 3.8) is 0 Å². The number of amides is 2. The fourth-order valence-electron chi connectivity index (χ4n) is 4.70. The lowest BCUT2D eigenvalue weighted by Gasteiger charge is -2.24. The van der Waals surface area contributed by atoms with E-state index in [0.29, 0.717) is 36.8 Å². The van der Waals surface area contributed by atoms with E-state index in [0.717, 1.165) is 6.42 Å². The summed E-state index contributed by atoms with van der Waals surface area (Å²) in [5, 5.41) is 13.9. The minimum absolute atomic E-state index is 0.0539. The van der Waals surface area contributed by atoms with Crippen LogP contribution in [0.2, 0.25) is 0 Å². The number of rotatable bonds is 8. The van der Waals surface area contributed by atoms with Gasteiger partial charge < -0.3 is 15.5 Å². The van der Waals surface area contributed by atoms with Gasteiger partial charge in [-0.15, -0.1) is 0 Å². The predicted octanol–water partition coefficient (Wildman–Crippen LogP) is 2.24.